The highest BCUT2D eigenvalue weighted by Crippen LogP contribution is 2.37. The van der Waals surface area contributed by atoms with Gasteiger partial charge >= 0.3 is 0 Å². The fourth-order valence-corrected chi connectivity index (χ4v) is 3.09. The summed E-state index contributed by atoms with van der Waals surface area (Å²) in [6, 6.07) is 9.20. The van der Waals surface area contributed by atoms with E-state index in [2.05, 4.69) is 0 Å². The first-order valence-corrected chi connectivity index (χ1v) is 7.12. The molecule has 1 aliphatic carbocycles. The van der Waals surface area contributed by atoms with Gasteiger partial charge in [-0.15, -0.1) is 0 Å². The minimum absolute atomic E-state index is 0.120. The molecule has 0 aliphatic heterocycles. The quantitative estimate of drug-likeness (QED) is 0.612. The fraction of sp³-hybridized carbons (Fsp3) is 0.188. The van der Waals surface area contributed by atoms with Crippen LogP contribution in [0.1, 0.15) is 33.8 Å². The van der Waals surface area contributed by atoms with E-state index < -0.39 is 22.3 Å². The molecule has 0 radical (unpaired) electrons. The number of hydrogen-bond acceptors (Lipinski definition) is 3. The van der Waals surface area contributed by atoms with E-state index in [1.807, 2.05) is 12.1 Å². The van der Waals surface area contributed by atoms with Crippen LogP contribution >= 0.6 is 11.6 Å². The van der Waals surface area contributed by atoms with Gasteiger partial charge in [0.2, 0.25) is 0 Å². The van der Waals surface area contributed by atoms with Crippen LogP contribution in [0.15, 0.2) is 36.4 Å². The Balaban J connectivity index is 2.04. The van der Waals surface area contributed by atoms with Crippen LogP contribution in [-0.2, 0) is 6.42 Å². The predicted octanol–water partition coefficient (Wildman–Crippen LogP) is 4.30. The zero-order valence-corrected chi connectivity index (χ0v) is 12.1. The predicted molar refractivity (Wildman–Crippen MR) is 79.9 cm³/mol. The molecule has 0 heterocycles. The molecule has 0 saturated heterocycles. The van der Waals surface area contributed by atoms with E-state index in [4.69, 9.17) is 11.6 Å². The normalized spacial score (nSPS) is 17.2. The molecule has 0 aromatic heterocycles. The molecule has 0 amide bonds. The van der Waals surface area contributed by atoms with Gasteiger partial charge in [0.1, 0.15) is 10.8 Å². The Morgan fingerprint density at radius 2 is 2.00 bits per heavy atom. The number of ketones is 1. The van der Waals surface area contributed by atoms with Crippen LogP contribution in [0, 0.1) is 15.9 Å². The maximum atomic E-state index is 14.2. The molecule has 6 heteroatoms. The number of nitrogens with zero attached hydrogens (tertiary/aromatic N) is 1. The Kier molecular flexibility index (Phi) is 3.66. The number of halogens is 2. The molecule has 4 nitrogen and oxygen atoms in total. The number of fused-ring (bicyclic) bond motifs is 1. The van der Waals surface area contributed by atoms with E-state index in [9.17, 15) is 19.3 Å². The molecule has 1 atom stereocenters. The van der Waals surface area contributed by atoms with Crippen LogP contribution in [0.25, 0.3) is 0 Å². The maximum absolute atomic E-state index is 14.2. The number of nitro groups is 1. The van der Waals surface area contributed by atoms with Crippen molar-refractivity contribution in [2.75, 3.05) is 0 Å². The number of Topliss-reactive ketones (excluding diaryl/α,β-unsaturated/α-hetero) is 1. The molecule has 0 fully saturated rings. The van der Waals surface area contributed by atoms with Crippen LogP contribution in [0.3, 0.4) is 0 Å². The van der Waals surface area contributed by atoms with E-state index in [0.717, 1.165) is 11.6 Å². The zero-order chi connectivity index (χ0) is 15.9. The van der Waals surface area contributed by atoms with Crippen LogP contribution in [0.5, 0.6) is 0 Å². The highest BCUT2D eigenvalue weighted by Gasteiger charge is 2.31. The summed E-state index contributed by atoms with van der Waals surface area (Å²) >= 11 is 5.84. The average molecular weight is 320 g/mol. The molecule has 112 valence electrons. The zero-order valence-electron chi connectivity index (χ0n) is 11.4. The molecule has 22 heavy (non-hydrogen) atoms. The van der Waals surface area contributed by atoms with Gasteiger partial charge in [-0.05, 0) is 24.5 Å². The van der Waals surface area contributed by atoms with Crippen LogP contribution < -0.4 is 0 Å². The number of benzene rings is 2. The summed E-state index contributed by atoms with van der Waals surface area (Å²) in [4.78, 5) is 22.6. The lowest BCUT2D eigenvalue weighted by Crippen LogP contribution is -2.21. The van der Waals surface area contributed by atoms with Crippen molar-refractivity contribution in [2.24, 2.45) is 0 Å². The Morgan fingerprint density at radius 1 is 1.27 bits per heavy atom. The third-order valence-electron chi connectivity index (χ3n) is 3.94. The average Bonchev–Trinajstić information content (AvgIpc) is 2.50. The van der Waals surface area contributed by atoms with Crippen LogP contribution in [0.4, 0.5) is 10.1 Å². The first kappa shape index (κ1) is 14.7. The van der Waals surface area contributed by atoms with Gasteiger partial charge in [0, 0.05) is 11.1 Å². The largest absolute Gasteiger partial charge is 0.293 e. The topological polar surface area (TPSA) is 60.2 Å². The van der Waals surface area contributed by atoms with Gasteiger partial charge in [0.15, 0.2) is 5.78 Å². The summed E-state index contributed by atoms with van der Waals surface area (Å²) in [5.41, 5.74) is 1.14. The number of carbonyl (C=O) groups excluding carboxylic acids is 1. The Hall–Kier alpha value is -2.27. The second-order valence-corrected chi connectivity index (χ2v) is 5.60. The van der Waals surface area contributed by atoms with E-state index in [1.165, 1.54) is 6.07 Å². The molecule has 0 bridgehead atoms. The summed E-state index contributed by atoms with van der Waals surface area (Å²) in [5.74, 6) is -1.60. The molecule has 0 saturated carbocycles. The van der Waals surface area contributed by atoms with Crippen LogP contribution in [0.2, 0.25) is 5.02 Å². The van der Waals surface area contributed by atoms with E-state index >= 15 is 0 Å². The standard InChI is InChI=1S/C16H11ClFNO3/c17-13-7-12(14(18)8-15(13)19(21)22)11-6-5-9-3-1-2-4-10(9)16(11)20/h1-4,7-8,11H,5-6H2/t11-/m0/s1. The smallest absolute Gasteiger partial charge is 0.290 e. The Bertz CT molecular complexity index is 791. The highest BCUT2D eigenvalue weighted by atomic mass is 35.5. The third kappa shape index (κ3) is 2.37. The van der Waals surface area contributed by atoms with E-state index in [1.54, 1.807) is 12.1 Å². The molecule has 3 rings (SSSR count). The fourth-order valence-electron chi connectivity index (χ4n) is 2.85. The number of aryl methyl sites for hydroxylation is 1. The van der Waals surface area contributed by atoms with Crippen LogP contribution in [-0.4, -0.2) is 10.7 Å². The van der Waals surface area contributed by atoms with Crippen molar-refractivity contribution >= 4 is 23.1 Å². The van der Waals surface area contributed by atoms with E-state index in [0.29, 0.717) is 18.4 Å². The molecular weight excluding hydrogens is 309 g/mol. The lowest BCUT2D eigenvalue weighted by atomic mass is 9.79. The lowest BCUT2D eigenvalue weighted by Gasteiger charge is -2.24. The second-order valence-electron chi connectivity index (χ2n) is 5.19. The summed E-state index contributed by atoms with van der Waals surface area (Å²) in [6.45, 7) is 0. The second kappa shape index (κ2) is 5.50. The van der Waals surface area contributed by atoms with Gasteiger partial charge in [-0.25, -0.2) is 4.39 Å². The molecule has 2 aromatic carbocycles. The summed E-state index contributed by atoms with van der Waals surface area (Å²) in [5, 5.41) is 10.6. The number of carbonyl (C=O) groups is 1. The lowest BCUT2D eigenvalue weighted by molar-refractivity contribution is -0.384. The van der Waals surface area contributed by atoms with Crippen molar-refractivity contribution in [3.05, 3.63) is 74.0 Å². The van der Waals surface area contributed by atoms with Crippen molar-refractivity contribution in [1.29, 1.82) is 0 Å². The first-order valence-electron chi connectivity index (χ1n) is 6.74. The van der Waals surface area contributed by atoms with Gasteiger partial charge in [-0.3, -0.25) is 14.9 Å². The van der Waals surface area contributed by atoms with Crippen molar-refractivity contribution in [1.82, 2.24) is 0 Å². The highest BCUT2D eigenvalue weighted by molar-refractivity contribution is 6.32. The molecule has 0 N–H and O–H groups in total. The van der Waals surface area contributed by atoms with Crippen molar-refractivity contribution in [2.45, 2.75) is 18.8 Å². The summed E-state index contributed by atoms with van der Waals surface area (Å²) < 4.78 is 14.2. The number of rotatable bonds is 2. The van der Waals surface area contributed by atoms with Gasteiger partial charge in [-0.1, -0.05) is 35.9 Å². The summed E-state index contributed by atoms with van der Waals surface area (Å²) in [7, 11) is 0. The molecule has 2 aromatic rings. The maximum Gasteiger partial charge on any atom is 0.290 e. The third-order valence-corrected chi connectivity index (χ3v) is 4.24. The number of hydrogen-bond donors (Lipinski definition) is 0. The van der Waals surface area contributed by atoms with Gasteiger partial charge in [0.05, 0.1) is 16.9 Å². The first-order chi connectivity index (χ1) is 10.5. The minimum Gasteiger partial charge on any atom is -0.293 e. The Morgan fingerprint density at radius 3 is 2.73 bits per heavy atom. The Labute approximate surface area is 130 Å². The summed E-state index contributed by atoms with van der Waals surface area (Å²) in [6.07, 6.45) is 1.11. The van der Waals surface area contributed by atoms with Crippen molar-refractivity contribution in [3.63, 3.8) is 0 Å². The monoisotopic (exact) mass is 319 g/mol. The minimum atomic E-state index is -0.770. The molecule has 1 aliphatic rings. The van der Waals surface area contributed by atoms with Gasteiger partial charge in [-0.2, -0.15) is 0 Å². The SMILES string of the molecule is O=C1c2ccccc2CC[C@H]1c1cc(Cl)c([N+](=O)[O-])cc1F. The van der Waals surface area contributed by atoms with Gasteiger partial charge in [0.25, 0.3) is 5.69 Å². The number of nitro benzene ring substituents is 1. The van der Waals surface area contributed by atoms with Crippen molar-refractivity contribution < 1.29 is 14.1 Å². The molecule has 0 unspecified atom stereocenters. The molecule has 0 spiro atoms. The van der Waals surface area contributed by atoms with Crippen molar-refractivity contribution in [3.8, 4) is 0 Å². The molecular formula is C16H11ClFNO3. The van der Waals surface area contributed by atoms with E-state index in [-0.39, 0.29) is 16.4 Å². The van der Waals surface area contributed by atoms with Gasteiger partial charge < -0.3 is 0 Å².